The average Bonchev–Trinajstić information content (AvgIpc) is 2.71. The first kappa shape index (κ1) is 11.0. The maximum Gasteiger partial charge on any atom is 0.243 e. The summed E-state index contributed by atoms with van der Waals surface area (Å²) in [4.78, 5) is 0.204. The van der Waals surface area contributed by atoms with Crippen LogP contribution in [0.2, 0.25) is 0 Å². The maximum atomic E-state index is 12.1. The van der Waals surface area contributed by atoms with Crippen LogP contribution in [-0.2, 0) is 10.0 Å². The number of hydrogen-bond donors (Lipinski definition) is 2. The van der Waals surface area contributed by atoms with E-state index >= 15 is 0 Å². The molecule has 2 N–H and O–H groups in total. The van der Waals surface area contributed by atoms with Crippen molar-refractivity contribution in [1.82, 2.24) is 18.8 Å². The third-order valence-electron chi connectivity index (χ3n) is 2.64. The third-order valence-corrected chi connectivity index (χ3v) is 4.74. The molecule has 8 heteroatoms. The van der Waals surface area contributed by atoms with Crippen LogP contribution in [0.5, 0.6) is 0 Å². The number of hydrogen-bond acceptors (Lipinski definition) is 6. The van der Waals surface area contributed by atoms with Gasteiger partial charge in [-0.15, -0.1) is 0 Å². The van der Waals surface area contributed by atoms with Crippen molar-refractivity contribution in [3.8, 4) is 0 Å². The van der Waals surface area contributed by atoms with Gasteiger partial charge in [-0.05, 0) is 12.1 Å². The first-order valence-corrected chi connectivity index (χ1v) is 7.32. The maximum absolute atomic E-state index is 12.1. The van der Waals surface area contributed by atoms with Crippen molar-refractivity contribution in [3.05, 3.63) is 18.2 Å². The minimum atomic E-state index is -3.50. The monoisotopic (exact) mass is 270 g/mol. The van der Waals surface area contributed by atoms with Gasteiger partial charge in [0.25, 0.3) is 0 Å². The molecule has 1 saturated heterocycles. The Bertz CT molecular complexity index is 648. The number of fused-ring (bicyclic) bond motifs is 1. The van der Waals surface area contributed by atoms with Crippen LogP contribution in [0.4, 0.5) is 0 Å². The molecule has 0 aliphatic carbocycles. The van der Waals surface area contributed by atoms with Crippen LogP contribution in [-0.4, -0.2) is 36.3 Å². The molecule has 1 aliphatic heterocycles. The predicted octanol–water partition coefficient (Wildman–Crippen LogP) is -0.0586. The van der Waals surface area contributed by atoms with Gasteiger partial charge in [0.15, 0.2) is 0 Å². The second-order valence-electron chi connectivity index (χ2n) is 3.86. The minimum absolute atomic E-state index is 0.0261. The predicted molar refractivity (Wildman–Crippen MR) is 64.4 cm³/mol. The molecule has 0 spiro atoms. The van der Waals surface area contributed by atoms with Crippen molar-refractivity contribution in [2.24, 2.45) is 0 Å². The van der Waals surface area contributed by atoms with Gasteiger partial charge in [0.05, 0.1) is 11.7 Å². The summed E-state index contributed by atoms with van der Waals surface area (Å²) >= 11 is 1.02. The molecule has 0 amide bonds. The molecular weight excluding hydrogens is 260 g/mol. The number of sulfonamides is 1. The highest BCUT2D eigenvalue weighted by atomic mass is 32.2. The number of rotatable bonds is 3. The van der Waals surface area contributed by atoms with Gasteiger partial charge in [-0.3, -0.25) is 0 Å². The average molecular weight is 270 g/mol. The van der Waals surface area contributed by atoms with Crippen molar-refractivity contribution in [2.75, 3.05) is 13.1 Å². The molecule has 6 nitrogen and oxygen atoms in total. The third kappa shape index (κ3) is 1.93. The highest BCUT2D eigenvalue weighted by molar-refractivity contribution is 7.89. The Morgan fingerprint density at radius 1 is 1.35 bits per heavy atom. The summed E-state index contributed by atoms with van der Waals surface area (Å²) in [6.45, 7) is 1.34. The van der Waals surface area contributed by atoms with E-state index in [1.165, 1.54) is 0 Å². The topological polar surface area (TPSA) is 84.0 Å². The first-order chi connectivity index (χ1) is 8.17. The summed E-state index contributed by atoms with van der Waals surface area (Å²) < 4.78 is 35.0. The van der Waals surface area contributed by atoms with Crippen molar-refractivity contribution in [3.63, 3.8) is 0 Å². The lowest BCUT2D eigenvalue weighted by molar-refractivity contribution is 0.410. The van der Waals surface area contributed by atoms with Gasteiger partial charge < -0.3 is 5.32 Å². The molecule has 3 rings (SSSR count). The van der Waals surface area contributed by atoms with E-state index in [0.29, 0.717) is 24.1 Å². The summed E-state index contributed by atoms with van der Waals surface area (Å²) in [5, 5.41) is 3.01. The van der Waals surface area contributed by atoms with Gasteiger partial charge in [0.1, 0.15) is 15.9 Å². The Hall–Kier alpha value is -1.09. The van der Waals surface area contributed by atoms with Crippen molar-refractivity contribution >= 4 is 32.8 Å². The lowest BCUT2D eigenvalue weighted by Crippen LogP contribution is -2.56. The van der Waals surface area contributed by atoms with Crippen LogP contribution < -0.4 is 10.0 Å². The Morgan fingerprint density at radius 3 is 2.88 bits per heavy atom. The van der Waals surface area contributed by atoms with E-state index in [-0.39, 0.29) is 10.9 Å². The first-order valence-electron chi connectivity index (χ1n) is 5.11. The zero-order valence-corrected chi connectivity index (χ0v) is 10.4. The van der Waals surface area contributed by atoms with E-state index in [1.54, 1.807) is 18.2 Å². The van der Waals surface area contributed by atoms with Crippen molar-refractivity contribution in [1.29, 1.82) is 0 Å². The molecule has 2 aromatic rings. The summed E-state index contributed by atoms with van der Waals surface area (Å²) in [6.07, 6.45) is 0. The molecule has 0 unspecified atom stereocenters. The van der Waals surface area contributed by atoms with Crippen molar-refractivity contribution in [2.45, 2.75) is 10.9 Å². The Labute approximate surface area is 102 Å². The van der Waals surface area contributed by atoms with E-state index in [1.807, 2.05) is 0 Å². The van der Waals surface area contributed by atoms with Crippen LogP contribution in [0.25, 0.3) is 11.0 Å². The lowest BCUT2D eigenvalue weighted by Gasteiger charge is -2.27. The highest BCUT2D eigenvalue weighted by Gasteiger charge is 2.26. The van der Waals surface area contributed by atoms with E-state index in [0.717, 1.165) is 11.7 Å². The van der Waals surface area contributed by atoms with Gasteiger partial charge in [0, 0.05) is 19.1 Å². The zero-order valence-electron chi connectivity index (χ0n) is 8.75. The Balaban J connectivity index is 2.04. The Kier molecular flexibility index (Phi) is 2.58. The smallest absolute Gasteiger partial charge is 0.243 e. The number of aromatic nitrogens is 2. The molecule has 0 bridgehead atoms. The van der Waals surface area contributed by atoms with Gasteiger partial charge in [-0.2, -0.15) is 8.75 Å². The number of nitrogens with zero attached hydrogens (tertiary/aromatic N) is 2. The SMILES string of the molecule is O=S(=O)(NC1CNC1)c1cccc2nsnc12. The van der Waals surface area contributed by atoms with Crippen LogP contribution in [0.15, 0.2) is 23.1 Å². The molecule has 0 radical (unpaired) electrons. The second kappa shape index (κ2) is 3.98. The fourth-order valence-electron chi connectivity index (χ4n) is 1.65. The van der Waals surface area contributed by atoms with Crippen molar-refractivity contribution < 1.29 is 8.42 Å². The number of nitrogens with one attached hydrogen (secondary N) is 2. The van der Waals surface area contributed by atoms with Gasteiger partial charge in [-0.25, -0.2) is 13.1 Å². The molecule has 1 aromatic heterocycles. The summed E-state index contributed by atoms with van der Waals surface area (Å²) in [5.41, 5.74) is 1.06. The summed E-state index contributed by atoms with van der Waals surface area (Å²) in [5.74, 6) is 0. The second-order valence-corrected chi connectivity index (χ2v) is 6.08. The molecule has 0 atom stereocenters. The zero-order chi connectivity index (χ0) is 11.9. The molecule has 17 heavy (non-hydrogen) atoms. The molecular formula is C9H10N4O2S2. The molecule has 0 saturated carbocycles. The molecule has 1 aromatic carbocycles. The number of benzene rings is 1. The van der Waals surface area contributed by atoms with Gasteiger partial charge >= 0.3 is 0 Å². The molecule has 90 valence electrons. The largest absolute Gasteiger partial charge is 0.313 e. The van der Waals surface area contributed by atoms with Crippen LogP contribution in [0, 0.1) is 0 Å². The van der Waals surface area contributed by atoms with E-state index in [9.17, 15) is 8.42 Å². The fourth-order valence-corrected chi connectivity index (χ4v) is 3.66. The van der Waals surface area contributed by atoms with Gasteiger partial charge in [0.2, 0.25) is 10.0 Å². The van der Waals surface area contributed by atoms with Crippen LogP contribution in [0.3, 0.4) is 0 Å². The normalized spacial score (nSPS) is 17.2. The van der Waals surface area contributed by atoms with Gasteiger partial charge in [-0.1, -0.05) is 6.07 Å². The fraction of sp³-hybridized carbons (Fsp3) is 0.333. The standard InChI is InChI=1S/C9H10N4O2S2/c14-17(15,13-6-4-10-5-6)8-3-1-2-7-9(8)12-16-11-7/h1-3,6,10,13H,4-5H2. The van der Waals surface area contributed by atoms with E-state index in [2.05, 4.69) is 18.8 Å². The molecule has 1 aliphatic rings. The Morgan fingerprint density at radius 2 is 2.18 bits per heavy atom. The van der Waals surface area contributed by atoms with E-state index < -0.39 is 10.0 Å². The van der Waals surface area contributed by atoms with Crippen LogP contribution >= 0.6 is 11.7 Å². The highest BCUT2D eigenvalue weighted by Crippen LogP contribution is 2.21. The molecule has 1 fully saturated rings. The molecule has 2 heterocycles. The quantitative estimate of drug-likeness (QED) is 0.816. The lowest BCUT2D eigenvalue weighted by atomic mass is 10.2. The van der Waals surface area contributed by atoms with Crippen LogP contribution in [0.1, 0.15) is 0 Å². The summed E-state index contributed by atoms with van der Waals surface area (Å²) in [7, 11) is -3.50. The van der Waals surface area contributed by atoms with E-state index in [4.69, 9.17) is 0 Å². The summed E-state index contributed by atoms with van der Waals surface area (Å²) in [6, 6.07) is 4.96. The minimum Gasteiger partial charge on any atom is -0.313 e.